The molecule has 0 aromatic heterocycles. The lowest BCUT2D eigenvalue weighted by Gasteiger charge is -2.27. The van der Waals surface area contributed by atoms with Crippen LogP contribution in [-0.2, 0) is 14.6 Å². The molecule has 1 atom stereocenters. The monoisotopic (exact) mass is 311 g/mol. The second kappa shape index (κ2) is 11.5. The largest absolute Gasteiger partial charge is 0.397 e. The van der Waals surface area contributed by atoms with E-state index in [0.29, 0.717) is 5.92 Å². The van der Waals surface area contributed by atoms with Gasteiger partial charge in [0, 0.05) is 5.54 Å². The molecule has 6 heteroatoms. The Labute approximate surface area is 125 Å². The molecule has 20 heavy (non-hydrogen) atoms. The van der Waals surface area contributed by atoms with Crippen LogP contribution in [-0.4, -0.2) is 25.6 Å². The minimum Gasteiger partial charge on any atom is -0.325 e. The van der Waals surface area contributed by atoms with Crippen LogP contribution in [0.4, 0.5) is 0 Å². The summed E-state index contributed by atoms with van der Waals surface area (Å²) in [4.78, 5) is 0. The fourth-order valence-corrected chi connectivity index (χ4v) is 1.60. The Balaban J connectivity index is 0. The van der Waals surface area contributed by atoms with Gasteiger partial charge >= 0.3 is 10.4 Å². The van der Waals surface area contributed by atoms with Crippen LogP contribution < -0.4 is 5.73 Å². The van der Waals surface area contributed by atoms with E-state index in [1.807, 2.05) is 0 Å². The maximum absolute atomic E-state index is 9.33. The number of hydrogen-bond donors (Lipinski definition) is 2. The zero-order valence-electron chi connectivity index (χ0n) is 13.7. The second-order valence-corrected chi connectivity index (χ2v) is 7.06. The van der Waals surface area contributed by atoms with Crippen molar-refractivity contribution in [2.75, 3.05) is 7.11 Å². The van der Waals surface area contributed by atoms with E-state index in [4.69, 9.17) is 10.3 Å². The smallest absolute Gasteiger partial charge is 0.325 e. The molecule has 0 bridgehead atoms. The zero-order valence-corrected chi connectivity index (χ0v) is 14.5. The van der Waals surface area contributed by atoms with Gasteiger partial charge in [0.05, 0.1) is 7.11 Å². The van der Waals surface area contributed by atoms with Crippen LogP contribution >= 0.6 is 0 Å². The van der Waals surface area contributed by atoms with Gasteiger partial charge in [0.25, 0.3) is 0 Å². The maximum atomic E-state index is 9.33. The van der Waals surface area contributed by atoms with Crippen LogP contribution in [0.3, 0.4) is 0 Å². The van der Waals surface area contributed by atoms with E-state index < -0.39 is 10.4 Å². The van der Waals surface area contributed by atoms with Gasteiger partial charge in [-0.2, -0.15) is 8.42 Å². The summed E-state index contributed by atoms with van der Waals surface area (Å²) in [6.45, 7) is 8.80. The topological polar surface area (TPSA) is 89.6 Å². The SMILES string of the molecule is CCCCCCCCC(C)C(C)(C)N.COS(=O)(=O)O. The first-order valence-corrected chi connectivity index (χ1v) is 8.73. The van der Waals surface area contributed by atoms with Gasteiger partial charge in [-0.25, -0.2) is 0 Å². The molecular formula is C14H33NO4S. The minimum absolute atomic E-state index is 0.00339. The average Bonchev–Trinajstić information content (AvgIpc) is 2.32. The van der Waals surface area contributed by atoms with E-state index in [0.717, 1.165) is 7.11 Å². The Kier molecular flexibility index (Phi) is 12.7. The maximum Gasteiger partial charge on any atom is 0.397 e. The molecule has 0 aliphatic rings. The molecule has 0 saturated heterocycles. The minimum atomic E-state index is -4.16. The molecule has 0 aromatic rings. The fraction of sp³-hybridized carbons (Fsp3) is 1.00. The van der Waals surface area contributed by atoms with Crippen molar-refractivity contribution in [1.82, 2.24) is 0 Å². The summed E-state index contributed by atoms with van der Waals surface area (Å²) in [5.74, 6) is 0.647. The van der Waals surface area contributed by atoms with Crippen LogP contribution in [0.1, 0.15) is 72.6 Å². The third-order valence-electron chi connectivity index (χ3n) is 3.47. The highest BCUT2D eigenvalue weighted by atomic mass is 32.3. The molecule has 3 N–H and O–H groups in total. The number of rotatable bonds is 9. The summed E-state index contributed by atoms with van der Waals surface area (Å²) < 4.78 is 29.7. The number of unbranched alkanes of at least 4 members (excludes halogenated alkanes) is 5. The lowest BCUT2D eigenvalue weighted by molar-refractivity contribution is 0.316. The lowest BCUT2D eigenvalue weighted by Crippen LogP contribution is -2.39. The van der Waals surface area contributed by atoms with Gasteiger partial charge in [-0.15, -0.1) is 0 Å². The molecule has 0 spiro atoms. The summed E-state index contributed by atoms with van der Waals surface area (Å²) in [6, 6.07) is 0. The molecule has 124 valence electrons. The first kappa shape index (κ1) is 22.1. The molecule has 0 saturated carbocycles. The summed E-state index contributed by atoms with van der Waals surface area (Å²) in [6.07, 6.45) is 9.59. The number of hydrogen-bond acceptors (Lipinski definition) is 4. The Hall–Kier alpha value is -0.170. The lowest BCUT2D eigenvalue weighted by atomic mass is 9.86. The molecule has 0 rings (SSSR count). The van der Waals surface area contributed by atoms with Crippen molar-refractivity contribution in [3.05, 3.63) is 0 Å². The Bertz CT molecular complexity index is 310. The normalized spacial score (nSPS) is 13.6. The van der Waals surface area contributed by atoms with Gasteiger partial charge in [0.2, 0.25) is 0 Å². The third kappa shape index (κ3) is 17.8. The standard InChI is InChI=1S/C13H29N.CH4O4S/c1-5-6-7-8-9-10-11-12(2)13(3,4)14;1-5-6(2,3)4/h12H,5-11,14H2,1-4H3;1H3,(H,2,3,4). The molecule has 0 amide bonds. The average molecular weight is 311 g/mol. The highest BCUT2D eigenvalue weighted by Crippen LogP contribution is 2.20. The van der Waals surface area contributed by atoms with Crippen molar-refractivity contribution >= 4 is 10.4 Å². The fourth-order valence-electron chi connectivity index (χ4n) is 1.60. The van der Waals surface area contributed by atoms with Gasteiger partial charge in [0.1, 0.15) is 0 Å². The van der Waals surface area contributed by atoms with Gasteiger partial charge in [-0.05, 0) is 26.2 Å². The first-order chi connectivity index (χ1) is 9.04. The van der Waals surface area contributed by atoms with Crippen LogP contribution in [0.15, 0.2) is 0 Å². The Morgan fingerprint density at radius 1 is 1.15 bits per heavy atom. The van der Waals surface area contributed by atoms with Crippen LogP contribution in [0.25, 0.3) is 0 Å². The van der Waals surface area contributed by atoms with Crippen molar-refractivity contribution in [2.45, 2.75) is 78.2 Å². The van der Waals surface area contributed by atoms with Crippen molar-refractivity contribution < 1.29 is 17.2 Å². The Morgan fingerprint density at radius 3 is 1.90 bits per heavy atom. The van der Waals surface area contributed by atoms with Gasteiger partial charge in [0.15, 0.2) is 0 Å². The van der Waals surface area contributed by atoms with Crippen molar-refractivity contribution in [3.8, 4) is 0 Å². The van der Waals surface area contributed by atoms with E-state index in [9.17, 15) is 8.42 Å². The highest BCUT2D eigenvalue weighted by molar-refractivity contribution is 7.80. The van der Waals surface area contributed by atoms with E-state index in [1.165, 1.54) is 44.9 Å². The van der Waals surface area contributed by atoms with Crippen LogP contribution in [0.5, 0.6) is 0 Å². The van der Waals surface area contributed by atoms with E-state index in [1.54, 1.807) is 0 Å². The van der Waals surface area contributed by atoms with E-state index in [2.05, 4.69) is 31.9 Å². The third-order valence-corrected chi connectivity index (χ3v) is 3.89. The summed E-state index contributed by atoms with van der Waals surface area (Å²) >= 11 is 0. The number of nitrogens with two attached hydrogens (primary N) is 1. The van der Waals surface area contributed by atoms with Crippen molar-refractivity contribution in [1.29, 1.82) is 0 Å². The predicted molar refractivity (Wildman–Crippen MR) is 84.0 cm³/mol. The summed E-state index contributed by atoms with van der Waals surface area (Å²) in [5, 5.41) is 0. The van der Waals surface area contributed by atoms with Gasteiger partial charge in [-0.3, -0.25) is 8.74 Å². The van der Waals surface area contributed by atoms with Crippen molar-refractivity contribution in [3.63, 3.8) is 0 Å². The van der Waals surface area contributed by atoms with E-state index in [-0.39, 0.29) is 5.54 Å². The van der Waals surface area contributed by atoms with Gasteiger partial charge < -0.3 is 5.73 Å². The van der Waals surface area contributed by atoms with Crippen LogP contribution in [0.2, 0.25) is 0 Å². The Morgan fingerprint density at radius 2 is 1.55 bits per heavy atom. The molecule has 0 aliphatic heterocycles. The van der Waals surface area contributed by atoms with Gasteiger partial charge in [-0.1, -0.05) is 52.4 Å². The molecule has 0 aliphatic carbocycles. The predicted octanol–water partition coefficient (Wildman–Crippen LogP) is 3.55. The second-order valence-electron chi connectivity index (χ2n) is 5.87. The molecule has 5 nitrogen and oxygen atoms in total. The van der Waals surface area contributed by atoms with E-state index >= 15 is 0 Å². The highest BCUT2D eigenvalue weighted by Gasteiger charge is 2.19. The molecule has 0 fully saturated rings. The molecule has 0 radical (unpaired) electrons. The molecule has 1 unspecified atom stereocenters. The zero-order chi connectivity index (χ0) is 16.2. The first-order valence-electron chi connectivity index (χ1n) is 7.36. The van der Waals surface area contributed by atoms with Crippen LogP contribution in [0, 0.1) is 5.92 Å². The molecule has 0 aromatic carbocycles. The summed E-state index contributed by atoms with van der Waals surface area (Å²) in [5.41, 5.74) is 6.04. The quantitative estimate of drug-likeness (QED) is 0.502. The molecular weight excluding hydrogens is 278 g/mol. The van der Waals surface area contributed by atoms with Crippen molar-refractivity contribution in [2.24, 2.45) is 11.7 Å². The summed E-state index contributed by atoms with van der Waals surface area (Å²) in [7, 11) is -3.29. The molecule has 0 heterocycles.